The molecule has 5 heteroatoms. The van der Waals surface area contributed by atoms with E-state index in [4.69, 9.17) is 0 Å². The second kappa shape index (κ2) is 8.40. The highest BCUT2D eigenvalue weighted by molar-refractivity contribution is 7.21. The molecule has 0 bridgehead atoms. The molecule has 0 aliphatic rings. The zero-order valence-corrected chi connectivity index (χ0v) is 17.0. The molecule has 2 heterocycles. The molecule has 4 rings (SSSR count). The molecule has 0 saturated carbocycles. The Labute approximate surface area is 169 Å². The third kappa shape index (κ3) is 3.99. The van der Waals surface area contributed by atoms with Gasteiger partial charge in [-0.15, -0.1) is 11.3 Å². The fourth-order valence-electron chi connectivity index (χ4n) is 3.34. The van der Waals surface area contributed by atoms with Crippen LogP contribution in [0.1, 0.15) is 12.5 Å². The van der Waals surface area contributed by atoms with E-state index in [-0.39, 0.29) is 0 Å². The Bertz CT molecular complexity index is 1060. The van der Waals surface area contributed by atoms with Crippen LogP contribution in [-0.4, -0.2) is 29.6 Å². The average Bonchev–Trinajstić information content (AvgIpc) is 3.17. The van der Waals surface area contributed by atoms with E-state index >= 15 is 0 Å². The highest BCUT2D eigenvalue weighted by Gasteiger charge is 2.10. The van der Waals surface area contributed by atoms with E-state index in [0.29, 0.717) is 0 Å². The molecule has 1 N–H and O–H groups in total. The minimum atomic E-state index is 0.824. The summed E-state index contributed by atoms with van der Waals surface area (Å²) in [5, 5.41) is 4.60. The lowest BCUT2D eigenvalue weighted by molar-refractivity contribution is 0.833. The van der Waals surface area contributed by atoms with Crippen LogP contribution in [-0.2, 0) is 0 Å². The van der Waals surface area contributed by atoms with Crippen molar-refractivity contribution in [3.05, 3.63) is 72.6 Å². The monoisotopic (exact) mass is 388 g/mol. The molecule has 0 spiro atoms. The van der Waals surface area contributed by atoms with Crippen molar-refractivity contribution in [1.29, 1.82) is 0 Å². The fraction of sp³-hybridized carbons (Fsp3) is 0.217. The molecule has 0 saturated heterocycles. The van der Waals surface area contributed by atoms with Gasteiger partial charge >= 0.3 is 0 Å². The minimum absolute atomic E-state index is 0.824. The first kappa shape index (κ1) is 18.4. The van der Waals surface area contributed by atoms with Gasteiger partial charge in [-0.05, 0) is 43.2 Å². The second-order valence-corrected chi connectivity index (χ2v) is 7.79. The summed E-state index contributed by atoms with van der Waals surface area (Å²) in [6, 6.07) is 21.3. The Morgan fingerprint density at radius 2 is 1.86 bits per heavy atom. The molecular weight excluding hydrogens is 364 g/mol. The number of hydrogen-bond acceptors (Lipinski definition) is 5. The number of thiophene rings is 1. The SMILES string of the molecule is CCN(CCNc1ncnc2sc(-c3ccccc3)cc12)c1cccc(C)c1. The van der Waals surface area contributed by atoms with Gasteiger partial charge in [0.2, 0.25) is 0 Å². The molecular formula is C23H24N4S. The standard InChI is InChI=1S/C23H24N4S/c1-3-27(19-11-7-8-17(2)14-19)13-12-24-22-20-15-21(18-9-5-4-6-10-18)28-23(20)26-16-25-22/h4-11,14-16H,3,12-13H2,1-2H3,(H,24,25,26). The van der Waals surface area contributed by atoms with Crippen LogP contribution in [0.4, 0.5) is 11.5 Å². The zero-order chi connectivity index (χ0) is 19.3. The van der Waals surface area contributed by atoms with Gasteiger partial charge in [-0.3, -0.25) is 0 Å². The Morgan fingerprint density at radius 3 is 2.64 bits per heavy atom. The van der Waals surface area contributed by atoms with Crippen molar-refractivity contribution in [2.45, 2.75) is 13.8 Å². The van der Waals surface area contributed by atoms with E-state index < -0.39 is 0 Å². The van der Waals surface area contributed by atoms with Crippen molar-refractivity contribution < 1.29 is 0 Å². The summed E-state index contributed by atoms with van der Waals surface area (Å²) in [4.78, 5) is 13.6. The van der Waals surface area contributed by atoms with Gasteiger partial charge in [-0.1, -0.05) is 42.5 Å². The molecule has 0 unspecified atom stereocenters. The molecule has 2 aromatic heterocycles. The number of fused-ring (bicyclic) bond motifs is 1. The maximum atomic E-state index is 4.49. The molecule has 0 amide bonds. The van der Waals surface area contributed by atoms with Crippen LogP contribution < -0.4 is 10.2 Å². The fourth-order valence-corrected chi connectivity index (χ4v) is 4.35. The van der Waals surface area contributed by atoms with E-state index in [0.717, 1.165) is 35.7 Å². The van der Waals surface area contributed by atoms with Gasteiger partial charge in [0.25, 0.3) is 0 Å². The molecule has 28 heavy (non-hydrogen) atoms. The third-order valence-electron chi connectivity index (χ3n) is 4.81. The lowest BCUT2D eigenvalue weighted by Gasteiger charge is -2.23. The first-order chi connectivity index (χ1) is 13.7. The lowest BCUT2D eigenvalue weighted by Crippen LogP contribution is -2.29. The number of hydrogen-bond donors (Lipinski definition) is 1. The van der Waals surface area contributed by atoms with Crippen LogP contribution in [0.15, 0.2) is 67.0 Å². The summed E-state index contributed by atoms with van der Waals surface area (Å²) >= 11 is 1.71. The first-order valence-corrected chi connectivity index (χ1v) is 10.4. The van der Waals surface area contributed by atoms with Gasteiger partial charge in [0.1, 0.15) is 17.0 Å². The number of aryl methyl sites for hydroxylation is 1. The van der Waals surface area contributed by atoms with Crippen LogP contribution in [0.2, 0.25) is 0 Å². The molecule has 4 nitrogen and oxygen atoms in total. The van der Waals surface area contributed by atoms with Crippen molar-refractivity contribution in [3.63, 3.8) is 0 Å². The molecule has 0 aliphatic carbocycles. The van der Waals surface area contributed by atoms with Gasteiger partial charge in [-0.2, -0.15) is 0 Å². The minimum Gasteiger partial charge on any atom is -0.370 e. The number of nitrogens with one attached hydrogen (secondary N) is 1. The van der Waals surface area contributed by atoms with Gasteiger partial charge in [-0.25, -0.2) is 9.97 Å². The highest BCUT2D eigenvalue weighted by Crippen LogP contribution is 2.34. The maximum absolute atomic E-state index is 4.49. The van der Waals surface area contributed by atoms with Crippen molar-refractivity contribution in [1.82, 2.24) is 9.97 Å². The van der Waals surface area contributed by atoms with Crippen molar-refractivity contribution in [2.75, 3.05) is 29.9 Å². The van der Waals surface area contributed by atoms with E-state index in [9.17, 15) is 0 Å². The normalized spacial score (nSPS) is 10.9. The Kier molecular flexibility index (Phi) is 5.53. The predicted octanol–water partition coefficient (Wildman–Crippen LogP) is 5.61. The summed E-state index contributed by atoms with van der Waals surface area (Å²) in [5.74, 6) is 0.906. The Hall–Kier alpha value is -2.92. The van der Waals surface area contributed by atoms with Gasteiger partial charge < -0.3 is 10.2 Å². The van der Waals surface area contributed by atoms with Crippen LogP contribution in [0, 0.1) is 6.92 Å². The second-order valence-electron chi connectivity index (χ2n) is 6.76. The van der Waals surface area contributed by atoms with Crippen molar-refractivity contribution >= 4 is 33.1 Å². The molecule has 4 aromatic rings. The van der Waals surface area contributed by atoms with Crippen molar-refractivity contribution in [3.8, 4) is 10.4 Å². The summed E-state index contributed by atoms with van der Waals surface area (Å²) in [7, 11) is 0. The number of likely N-dealkylation sites (N-methyl/N-ethyl adjacent to an activating group) is 1. The van der Waals surface area contributed by atoms with E-state index in [1.807, 2.05) is 6.07 Å². The molecule has 0 aliphatic heterocycles. The number of anilines is 2. The first-order valence-electron chi connectivity index (χ1n) is 9.60. The lowest BCUT2D eigenvalue weighted by atomic mass is 10.2. The molecule has 0 atom stereocenters. The van der Waals surface area contributed by atoms with Crippen LogP contribution in [0.5, 0.6) is 0 Å². The molecule has 0 fully saturated rings. The summed E-state index contributed by atoms with van der Waals surface area (Å²) in [6.07, 6.45) is 1.65. The number of benzene rings is 2. The quantitative estimate of drug-likeness (QED) is 0.447. The molecule has 142 valence electrons. The van der Waals surface area contributed by atoms with Crippen LogP contribution in [0.3, 0.4) is 0 Å². The van der Waals surface area contributed by atoms with Crippen molar-refractivity contribution in [2.24, 2.45) is 0 Å². The third-order valence-corrected chi connectivity index (χ3v) is 5.90. The number of aromatic nitrogens is 2. The average molecular weight is 389 g/mol. The van der Waals surface area contributed by atoms with Gasteiger partial charge in [0.15, 0.2) is 0 Å². The van der Waals surface area contributed by atoms with Crippen LogP contribution >= 0.6 is 11.3 Å². The molecule has 2 aromatic carbocycles. The largest absolute Gasteiger partial charge is 0.370 e. The summed E-state index contributed by atoms with van der Waals surface area (Å²) < 4.78 is 0. The topological polar surface area (TPSA) is 41.0 Å². The number of rotatable bonds is 7. The van der Waals surface area contributed by atoms with E-state index in [1.165, 1.54) is 21.7 Å². The van der Waals surface area contributed by atoms with Gasteiger partial charge in [0, 0.05) is 30.2 Å². The van der Waals surface area contributed by atoms with E-state index in [2.05, 4.69) is 88.6 Å². The summed E-state index contributed by atoms with van der Waals surface area (Å²) in [5.41, 5.74) is 3.76. The van der Waals surface area contributed by atoms with Gasteiger partial charge in [0.05, 0.1) is 5.39 Å². The van der Waals surface area contributed by atoms with E-state index in [1.54, 1.807) is 17.7 Å². The van der Waals surface area contributed by atoms with Crippen LogP contribution in [0.25, 0.3) is 20.7 Å². The number of nitrogens with zero attached hydrogens (tertiary/aromatic N) is 3. The highest BCUT2D eigenvalue weighted by atomic mass is 32.1. The summed E-state index contributed by atoms with van der Waals surface area (Å²) in [6.45, 7) is 7.04. The molecule has 0 radical (unpaired) electrons. The Morgan fingerprint density at radius 1 is 1.00 bits per heavy atom. The maximum Gasteiger partial charge on any atom is 0.138 e. The predicted molar refractivity (Wildman–Crippen MR) is 120 cm³/mol. The Balaban J connectivity index is 1.49. The zero-order valence-electron chi connectivity index (χ0n) is 16.2. The smallest absolute Gasteiger partial charge is 0.138 e.